The van der Waals surface area contributed by atoms with Crippen molar-refractivity contribution >= 4 is 29.7 Å². The maximum absolute atomic E-state index is 12.7. The number of nitrogens with zero attached hydrogens (tertiary/aromatic N) is 3. The molecule has 2 amide bonds. The van der Waals surface area contributed by atoms with Crippen molar-refractivity contribution in [2.75, 3.05) is 72.1 Å². The fourth-order valence-electron chi connectivity index (χ4n) is 5.19. The van der Waals surface area contributed by atoms with Crippen molar-refractivity contribution < 1.29 is 89.6 Å². The van der Waals surface area contributed by atoms with Gasteiger partial charge in [0.25, 0.3) is 0 Å². The van der Waals surface area contributed by atoms with Gasteiger partial charge < -0.3 is 90.7 Å². The van der Waals surface area contributed by atoms with Crippen LogP contribution in [0.5, 0.6) is 0 Å². The summed E-state index contributed by atoms with van der Waals surface area (Å²) in [6.07, 6.45) is -13.3. The lowest BCUT2D eigenvalue weighted by atomic mass is 9.97. The van der Waals surface area contributed by atoms with Crippen molar-refractivity contribution in [3.63, 3.8) is 0 Å². The molecule has 10 atom stereocenters. The van der Waals surface area contributed by atoms with Crippen LogP contribution in [0.15, 0.2) is 0 Å². The minimum absolute atomic E-state index is 0.268. The van der Waals surface area contributed by atoms with Crippen molar-refractivity contribution in [3.8, 4) is 0 Å². The number of rotatable bonds is 20. The Morgan fingerprint density at radius 3 is 1.12 bits per heavy atom. The maximum atomic E-state index is 12.7. The molecule has 2 aliphatic heterocycles. The fraction of sp³-hybridized carbons (Fsp3) is 0.808. The van der Waals surface area contributed by atoms with Gasteiger partial charge in [-0.25, -0.2) is 0 Å². The van der Waals surface area contributed by atoms with Gasteiger partial charge >= 0.3 is 0 Å². The smallest absolute Gasteiger partial charge is 0.234 e. The number of carboxylic acid groups (broad SMARTS) is 3. The average Bonchev–Trinajstić information content (AvgIpc) is 3.01. The lowest BCUT2D eigenvalue weighted by Crippen LogP contribution is -2.65. The Morgan fingerprint density at radius 1 is 0.510 bits per heavy atom. The van der Waals surface area contributed by atoms with E-state index in [9.17, 15) is 80.1 Å². The Bertz CT molecular complexity index is 1040. The van der Waals surface area contributed by atoms with E-state index in [1.54, 1.807) is 0 Å². The van der Waals surface area contributed by atoms with Crippen molar-refractivity contribution in [2.24, 2.45) is 0 Å². The molecule has 2 rings (SSSR count). The molecule has 2 heterocycles. The van der Waals surface area contributed by atoms with E-state index in [4.69, 9.17) is 9.47 Å². The van der Waals surface area contributed by atoms with E-state index < -0.39 is 137 Å². The van der Waals surface area contributed by atoms with E-state index in [-0.39, 0.29) is 26.2 Å². The van der Waals surface area contributed by atoms with Gasteiger partial charge in [0.05, 0.1) is 44.2 Å². The largest absolute Gasteiger partial charge is 0.549 e. The number of carbonyl (C=O) groups excluding carboxylic acids is 5. The first-order chi connectivity index (χ1) is 23.0. The van der Waals surface area contributed by atoms with Crippen LogP contribution in [-0.2, 0) is 33.4 Å². The molecule has 0 radical (unpaired) electrons. The normalized spacial score (nSPS) is 30.3. The van der Waals surface area contributed by atoms with E-state index in [1.807, 2.05) is 0 Å². The molecule has 2 aliphatic rings. The van der Waals surface area contributed by atoms with Crippen LogP contribution in [0, 0.1) is 0 Å². The second-order valence-corrected chi connectivity index (χ2v) is 11.5. The minimum Gasteiger partial charge on any atom is -0.549 e. The van der Waals surface area contributed by atoms with E-state index >= 15 is 0 Å². The maximum Gasteiger partial charge on any atom is 0.234 e. The minimum atomic E-state index is -1.85. The summed E-state index contributed by atoms with van der Waals surface area (Å²) in [5.74, 6) is -6.78. The molecule has 0 aliphatic carbocycles. The second kappa shape index (κ2) is 19.9. The van der Waals surface area contributed by atoms with Crippen LogP contribution in [0.4, 0.5) is 0 Å². The molecule has 49 heavy (non-hydrogen) atoms. The fourth-order valence-corrected chi connectivity index (χ4v) is 5.19. The molecule has 2 fully saturated rings. The van der Waals surface area contributed by atoms with Crippen LogP contribution in [0.25, 0.3) is 0 Å². The van der Waals surface area contributed by atoms with Gasteiger partial charge in [-0.05, 0) is 0 Å². The SMILES string of the molecule is O=C([O-])CN(CCN(CC(=O)[O-])CC(=O)NC1C(O)O[C@@H](CO)[C@@H](O)[C@@H]1O)CCN(CC(=O)[O-])CC(=O)NC1C(O)O[C@H](CO)[C@H](O)[C@H]1O. The Morgan fingerprint density at radius 2 is 0.816 bits per heavy atom. The second-order valence-electron chi connectivity index (χ2n) is 11.5. The third-order valence-corrected chi connectivity index (χ3v) is 7.71. The van der Waals surface area contributed by atoms with Gasteiger partial charge in [0.2, 0.25) is 11.8 Å². The molecule has 2 saturated heterocycles. The molecule has 0 bridgehead atoms. The Hall–Kier alpha value is -3.17. The number of amides is 2. The summed E-state index contributed by atoms with van der Waals surface area (Å²) in [5.41, 5.74) is 0. The van der Waals surface area contributed by atoms with Crippen molar-refractivity contribution in [3.05, 3.63) is 0 Å². The highest BCUT2D eigenvalue weighted by atomic mass is 16.6. The summed E-state index contributed by atoms with van der Waals surface area (Å²) < 4.78 is 9.90. The first-order valence-corrected chi connectivity index (χ1v) is 14.9. The van der Waals surface area contributed by atoms with Crippen molar-refractivity contribution in [1.82, 2.24) is 25.3 Å². The number of ether oxygens (including phenoxy) is 2. The van der Waals surface area contributed by atoms with Gasteiger partial charge in [-0.15, -0.1) is 0 Å². The number of aliphatic carboxylic acids is 3. The first-order valence-electron chi connectivity index (χ1n) is 14.9. The van der Waals surface area contributed by atoms with E-state index in [0.29, 0.717) is 0 Å². The summed E-state index contributed by atoms with van der Waals surface area (Å²) in [7, 11) is 0. The molecule has 282 valence electrons. The zero-order valence-corrected chi connectivity index (χ0v) is 26.1. The molecule has 0 aromatic carbocycles. The monoisotopic (exact) mass is 712 g/mol. The van der Waals surface area contributed by atoms with Crippen LogP contribution in [0.2, 0.25) is 0 Å². The predicted octanol–water partition coefficient (Wildman–Crippen LogP) is -13.0. The molecule has 10 N–H and O–H groups in total. The number of aliphatic hydroxyl groups excluding tert-OH is 8. The van der Waals surface area contributed by atoms with Crippen molar-refractivity contribution in [1.29, 1.82) is 0 Å². The van der Waals surface area contributed by atoms with E-state index in [0.717, 1.165) is 14.7 Å². The highest BCUT2D eigenvalue weighted by Gasteiger charge is 2.45. The number of carboxylic acids is 3. The van der Waals surface area contributed by atoms with Crippen LogP contribution >= 0.6 is 0 Å². The molecule has 23 nitrogen and oxygen atoms in total. The van der Waals surface area contributed by atoms with Crippen LogP contribution in [0.1, 0.15) is 0 Å². The number of hydrogen-bond donors (Lipinski definition) is 10. The third kappa shape index (κ3) is 13.2. The summed E-state index contributed by atoms with van der Waals surface area (Å²) in [5, 5.41) is 117. The van der Waals surface area contributed by atoms with Crippen LogP contribution < -0.4 is 26.0 Å². The van der Waals surface area contributed by atoms with Gasteiger partial charge in [0, 0.05) is 45.8 Å². The van der Waals surface area contributed by atoms with Crippen LogP contribution in [0.3, 0.4) is 0 Å². The molecular formula is C26H42N5O18-3. The Balaban J connectivity index is 2.03. The molecule has 0 saturated carbocycles. The Labute approximate surface area is 278 Å². The van der Waals surface area contributed by atoms with Gasteiger partial charge in [-0.3, -0.25) is 24.3 Å². The van der Waals surface area contributed by atoms with Crippen molar-refractivity contribution in [2.45, 2.75) is 61.3 Å². The third-order valence-electron chi connectivity index (χ3n) is 7.71. The standard InChI is InChI=1S/C26H45N5O18/c32-10-12-21(42)23(44)19(25(46)48-12)27-14(34)5-30(8-17(38)39)3-1-29(7-16(36)37)2-4-31(9-18(40)41)6-15(35)28-20-24(45)22(43)13(11-33)49-26(20)47/h12-13,19-26,32-33,42-47H,1-11H2,(H,27,34)(H,28,35)(H,36,37)(H,38,39)(H,40,41)/p-3/t12-,13+,19?,20?,21+,22-,23+,24-,25?,26?. The number of nitrogens with one attached hydrogen (secondary N) is 2. The molecule has 4 unspecified atom stereocenters. The van der Waals surface area contributed by atoms with Gasteiger partial charge in [-0.2, -0.15) is 0 Å². The lowest BCUT2D eigenvalue weighted by molar-refractivity contribution is -0.308. The highest BCUT2D eigenvalue weighted by Crippen LogP contribution is 2.21. The first kappa shape index (κ1) is 42.0. The zero-order valence-electron chi connectivity index (χ0n) is 26.1. The average molecular weight is 713 g/mol. The van der Waals surface area contributed by atoms with Crippen LogP contribution in [-0.4, -0.2) is 219 Å². The summed E-state index contributed by atoms with van der Waals surface area (Å²) >= 11 is 0. The summed E-state index contributed by atoms with van der Waals surface area (Å²) in [6, 6.07) is -3.15. The Kier molecular flexibility index (Phi) is 17.0. The lowest BCUT2D eigenvalue weighted by Gasteiger charge is -2.40. The quantitative estimate of drug-likeness (QED) is 0.0560. The van der Waals surface area contributed by atoms with Gasteiger partial charge in [0.15, 0.2) is 12.6 Å². The summed E-state index contributed by atoms with van der Waals surface area (Å²) in [6.45, 7) is -6.52. The summed E-state index contributed by atoms with van der Waals surface area (Å²) in [4.78, 5) is 62.6. The van der Waals surface area contributed by atoms with E-state index in [2.05, 4.69) is 10.6 Å². The molecule has 0 aromatic rings. The van der Waals surface area contributed by atoms with Gasteiger partial charge in [-0.1, -0.05) is 0 Å². The van der Waals surface area contributed by atoms with E-state index in [1.165, 1.54) is 0 Å². The number of carbonyl (C=O) groups is 5. The topological polar surface area (TPSA) is 369 Å². The highest BCUT2D eigenvalue weighted by molar-refractivity contribution is 5.80. The number of hydrogen-bond acceptors (Lipinski definition) is 21. The molecular weight excluding hydrogens is 670 g/mol. The molecule has 23 heteroatoms. The predicted molar refractivity (Wildman–Crippen MR) is 148 cm³/mol. The molecule has 0 aromatic heterocycles. The zero-order chi connectivity index (χ0) is 37.0. The molecule has 0 spiro atoms. The number of aliphatic hydroxyl groups is 8. The van der Waals surface area contributed by atoms with Gasteiger partial charge in [0.1, 0.15) is 48.7 Å².